The van der Waals surface area contributed by atoms with Crippen molar-refractivity contribution in [2.45, 2.75) is 25.8 Å². The van der Waals surface area contributed by atoms with Gasteiger partial charge in [0.2, 0.25) is 5.91 Å². The van der Waals surface area contributed by atoms with Crippen LogP contribution in [-0.2, 0) is 19.1 Å². The fourth-order valence-corrected chi connectivity index (χ4v) is 5.41. The Hall–Kier alpha value is -2.82. The molecule has 0 aromatic heterocycles. The number of benzene rings is 1. The van der Waals surface area contributed by atoms with E-state index in [1.807, 2.05) is 41.5 Å². The van der Waals surface area contributed by atoms with Crippen LogP contribution >= 0.6 is 11.8 Å². The van der Waals surface area contributed by atoms with E-state index in [1.165, 1.54) is 18.9 Å². The molecule has 3 heterocycles. The summed E-state index contributed by atoms with van der Waals surface area (Å²) in [6.45, 7) is 6.79. The fraction of sp³-hybridized carbons (Fsp3) is 0.480. The van der Waals surface area contributed by atoms with E-state index in [4.69, 9.17) is 14.2 Å². The first kappa shape index (κ1) is 25.3. The number of methoxy groups -OCH3 is 2. The number of carbonyl (C=O) groups excluding carboxylic acids is 2. The summed E-state index contributed by atoms with van der Waals surface area (Å²) in [6.07, 6.45) is 1.08. The molecule has 0 unspecified atom stereocenters. The molecule has 188 valence electrons. The molecule has 0 spiro atoms. The molecule has 1 aromatic carbocycles. The molecule has 1 fully saturated rings. The molecular formula is C25H32N4O5S. The van der Waals surface area contributed by atoms with Gasteiger partial charge in [-0.05, 0) is 43.0 Å². The number of hydrogen-bond donors (Lipinski definition) is 1. The Kier molecular flexibility index (Phi) is 8.48. The van der Waals surface area contributed by atoms with Crippen molar-refractivity contribution in [3.63, 3.8) is 0 Å². The first-order chi connectivity index (χ1) is 17.0. The van der Waals surface area contributed by atoms with Crippen LogP contribution in [0.5, 0.6) is 5.75 Å². The van der Waals surface area contributed by atoms with Gasteiger partial charge >= 0.3 is 5.97 Å². The van der Waals surface area contributed by atoms with Crippen molar-refractivity contribution in [1.29, 1.82) is 0 Å². The number of aliphatic imine (C=N–C) groups is 1. The predicted octanol–water partition coefficient (Wildman–Crippen LogP) is 2.67. The van der Waals surface area contributed by atoms with Crippen LogP contribution in [0.25, 0.3) is 0 Å². The highest BCUT2D eigenvalue weighted by Gasteiger charge is 2.41. The minimum atomic E-state index is -0.472. The Balaban J connectivity index is 1.47. The number of ether oxygens (including phenoxy) is 3. The summed E-state index contributed by atoms with van der Waals surface area (Å²) in [4.78, 5) is 34.6. The summed E-state index contributed by atoms with van der Waals surface area (Å²) in [5.41, 5.74) is 2.70. The van der Waals surface area contributed by atoms with Gasteiger partial charge in [-0.2, -0.15) is 0 Å². The lowest BCUT2D eigenvalue weighted by molar-refractivity contribution is -0.136. The Morgan fingerprint density at radius 3 is 2.80 bits per heavy atom. The van der Waals surface area contributed by atoms with E-state index < -0.39 is 12.0 Å². The number of amidine groups is 1. The average molecular weight is 501 g/mol. The maximum Gasteiger partial charge on any atom is 0.338 e. The molecule has 1 aromatic rings. The van der Waals surface area contributed by atoms with Gasteiger partial charge in [0.1, 0.15) is 5.75 Å². The SMILES string of the molecule is COC(=O)C1=C(C)N=C2SC=C(CC(=O)NCCCN3CCOCC3)N2[C@@H]1c1cccc(OC)c1. The Morgan fingerprint density at radius 1 is 1.26 bits per heavy atom. The molecule has 0 saturated carbocycles. The fourth-order valence-electron chi connectivity index (χ4n) is 4.45. The first-order valence-corrected chi connectivity index (χ1v) is 12.6. The number of nitrogens with zero attached hydrogens (tertiary/aromatic N) is 3. The van der Waals surface area contributed by atoms with E-state index in [1.54, 1.807) is 7.11 Å². The Morgan fingerprint density at radius 2 is 2.06 bits per heavy atom. The number of thioether (sulfide) groups is 1. The van der Waals surface area contributed by atoms with Crippen LogP contribution in [0.3, 0.4) is 0 Å². The molecule has 1 saturated heterocycles. The van der Waals surface area contributed by atoms with Crippen LogP contribution in [-0.4, -0.2) is 80.5 Å². The quantitative estimate of drug-likeness (QED) is 0.409. The molecule has 0 radical (unpaired) electrons. The highest BCUT2D eigenvalue weighted by Crippen LogP contribution is 2.45. The van der Waals surface area contributed by atoms with Gasteiger partial charge in [0.25, 0.3) is 0 Å². The second-order valence-corrected chi connectivity index (χ2v) is 9.33. The van der Waals surface area contributed by atoms with E-state index in [2.05, 4.69) is 15.2 Å². The number of carbonyl (C=O) groups is 2. The number of allylic oxidation sites excluding steroid dienone is 1. The zero-order valence-electron chi connectivity index (χ0n) is 20.4. The maximum atomic E-state index is 12.8. The molecule has 0 bridgehead atoms. The van der Waals surface area contributed by atoms with Crippen LogP contribution in [0.2, 0.25) is 0 Å². The average Bonchev–Trinajstić information content (AvgIpc) is 3.27. The lowest BCUT2D eigenvalue weighted by Gasteiger charge is -2.36. The first-order valence-electron chi connectivity index (χ1n) is 11.7. The Bertz CT molecular complexity index is 1050. The molecule has 3 aliphatic rings. The molecule has 1 amide bonds. The van der Waals surface area contributed by atoms with Gasteiger partial charge in [0.05, 0.1) is 51.2 Å². The van der Waals surface area contributed by atoms with Gasteiger partial charge in [0.15, 0.2) is 5.17 Å². The third-order valence-electron chi connectivity index (χ3n) is 6.23. The summed E-state index contributed by atoms with van der Waals surface area (Å²) >= 11 is 1.45. The Labute approximate surface area is 210 Å². The third-order valence-corrected chi connectivity index (χ3v) is 7.12. The van der Waals surface area contributed by atoms with Crippen LogP contribution in [0.4, 0.5) is 0 Å². The lowest BCUT2D eigenvalue weighted by atomic mass is 9.93. The lowest BCUT2D eigenvalue weighted by Crippen LogP contribution is -2.39. The molecule has 0 aliphatic carbocycles. The largest absolute Gasteiger partial charge is 0.497 e. The van der Waals surface area contributed by atoms with Crippen molar-refractivity contribution < 1.29 is 23.8 Å². The van der Waals surface area contributed by atoms with Crippen LogP contribution in [0.1, 0.15) is 31.4 Å². The van der Waals surface area contributed by atoms with Crippen LogP contribution in [0, 0.1) is 0 Å². The van der Waals surface area contributed by atoms with Gasteiger partial charge in [-0.15, -0.1) is 0 Å². The number of fused-ring (bicyclic) bond motifs is 1. The van der Waals surface area contributed by atoms with Crippen molar-refractivity contribution in [2.24, 2.45) is 4.99 Å². The van der Waals surface area contributed by atoms with Crippen molar-refractivity contribution in [3.8, 4) is 5.75 Å². The molecule has 1 N–H and O–H groups in total. The predicted molar refractivity (Wildman–Crippen MR) is 135 cm³/mol. The van der Waals surface area contributed by atoms with Gasteiger partial charge < -0.3 is 24.4 Å². The second kappa shape index (κ2) is 11.7. The smallest absolute Gasteiger partial charge is 0.338 e. The zero-order chi connectivity index (χ0) is 24.8. The molecular weight excluding hydrogens is 468 g/mol. The van der Waals surface area contributed by atoms with Crippen molar-refractivity contribution in [1.82, 2.24) is 15.1 Å². The molecule has 10 heteroatoms. The minimum absolute atomic E-state index is 0.0598. The topological polar surface area (TPSA) is 92.7 Å². The minimum Gasteiger partial charge on any atom is -0.497 e. The van der Waals surface area contributed by atoms with Gasteiger partial charge in [-0.3, -0.25) is 9.69 Å². The van der Waals surface area contributed by atoms with Gasteiger partial charge in [0, 0.05) is 25.3 Å². The third kappa shape index (κ3) is 5.88. The summed E-state index contributed by atoms with van der Waals surface area (Å²) in [7, 11) is 2.97. The number of esters is 1. The van der Waals surface area contributed by atoms with E-state index >= 15 is 0 Å². The highest BCUT2D eigenvalue weighted by atomic mass is 32.2. The van der Waals surface area contributed by atoms with Crippen LogP contribution < -0.4 is 10.1 Å². The number of hydrogen-bond acceptors (Lipinski definition) is 9. The van der Waals surface area contributed by atoms with Gasteiger partial charge in [-0.25, -0.2) is 9.79 Å². The summed E-state index contributed by atoms with van der Waals surface area (Å²) in [5.74, 6) is 0.182. The van der Waals surface area contributed by atoms with Crippen molar-refractivity contribution in [2.75, 3.05) is 53.6 Å². The monoisotopic (exact) mass is 500 g/mol. The molecule has 1 atom stereocenters. The van der Waals surface area contributed by atoms with Crippen molar-refractivity contribution >= 4 is 28.8 Å². The number of nitrogens with one attached hydrogen (secondary N) is 1. The molecule has 4 rings (SSSR count). The zero-order valence-corrected chi connectivity index (χ0v) is 21.2. The summed E-state index contributed by atoms with van der Waals surface area (Å²) in [5, 5.41) is 5.71. The highest BCUT2D eigenvalue weighted by molar-refractivity contribution is 8.16. The van der Waals surface area contributed by atoms with E-state index in [0.717, 1.165) is 55.7 Å². The summed E-state index contributed by atoms with van der Waals surface area (Å²) < 4.78 is 15.9. The normalized spacial score (nSPS) is 20.2. The molecule has 35 heavy (non-hydrogen) atoms. The van der Waals surface area contributed by atoms with E-state index in [9.17, 15) is 9.59 Å². The van der Waals surface area contributed by atoms with E-state index in [-0.39, 0.29) is 12.3 Å². The van der Waals surface area contributed by atoms with Crippen LogP contribution in [0.15, 0.2) is 51.6 Å². The van der Waals surface area contributed by atoms with E-state index in [0.29, 0.717) is 23.6 Å². The molecule has 9 nitrogen and oxygen atoms in total. The standard InChI is InChI=1S/C25H32N4O5S/c1-17-22(24(31)33-3)23(18-6-4-7-20(14-18)32-2)29-19(16-35-25(29)27-17)15-21(30)26-8-5-9-28-10-12-34-13-11-28/h4,6-7,14,16,23H,5,8-13,15H2,1-3H3,(H,26,30)/t23-/m1/s1. The van der Waals surface area contributed by atoms with Gasteiger partial charge in [-0.1, -0.05) is 23.9 Å². The second-order valence-electron chi connectivity index (χ2n) is 8.50. The number of morpholine rings is 1. The maximum absolute atomic E-state index is 12.8. The molecule has 3 aliphatic heterocycles. The van der Waals surface area contributed by atoms with Crippen molar-refractivity contribution in [3.05, 3.63) is 52.2 Å². The number of amides is 1. The number of rotatable bonds is 9. The summed E-state index contributed by atoms with van der Waals surface area (Å²) in [6, 6.07) is 7.11.